The Bertz CT molecular complexity index is 514. The number of carbonyl (C=O) groups excluding carboxylic acids is 2. The number of hydrogen-bond donors (Lipinski definition) is 3. The minimum absolute atomic E-state index is 0.253. The van der Waals surface area contributed by atoms with Gasteiger partial charge in [-0.3, -0.25) is 9.59 Å². The third-order valence-electron chi connectivity index (χ3n) is 2.73. The maximum absolute atomic E-state index is 11.8. The maximum Gasteiger partial charge on any atom is 0.326 e. The van der Waals surface area contributed by atoms with Crippen molar-refractivity contribution in [1.82, 2.24) is 10.6 Å². The van der Waals surface area contributed by atoms with Gasteiger partial charge in [-0.2, -0.15) is 0 Å². The van der Waals surface area contributed by atoms with E-state index in [0.717, 1.165) is 5.56 Å². The van der Waals surface area contributed by atoms with Gasteiger partial charge in [0.2, 0.25) is 5.91 Å². The number of carboxylic acids is 1. The molecule has 6 heteroatoms. The van der Waals surface area contributed by atoms with Gasteiger partial charge < -0.3 is 15.7 Å². The van der Waals surface area contributed by atoms with Crippen molar-refractivity contribution in [3.63, 3.8) is 0 Å². The highest BCUT2D eigenvalue weighted by molar-refractivity contribution is 5.97. The van der Waals surface area contributed by atoms with Gasteiger partial charge in [0.15, 0.2) is 0 Å². The molecule has 0 heterocycles. The summed E-state index contributed by atoms with van der Waals surface area (Å²) in [6, 6.07) is 6.04. The number of amides is 2. The number of carboxylic acid groups (broad SMARTS) is 1. The third-order valence-corrected chi connectivity index (χ3v) is 2.73. The number of hydrogen-bond acceptors (Lipinski definition) is 3. The second-order valence-corrected chi connectivity index (χ2v) is 4.42. The molecule has 0 spiro atoms. The van der Waals surface area contributed by atoms with Crippen molar-refractivity contribution in [2.24, 2.45) is 0 Å². The first-order valence-corrected chi connectivity index (χ1v) is 6.31. The van der Waals surface area contributed by atoms with Gasteiger partial charge in [0, 0.05) is 5.56 Å². The quantitative estimate of drug-likeness (QED) is 0.714. The molecule has 0 fully saturated rings. The first-order chi connectivity index (χ1) is 9.43. The van der Waals surface area contributed by atoms with Gasteiger partial charge in [0.05, 0.1) is 6.54 Å². The number of aryl methyl sites for hydroxylation is 1. The van der Waals surface area contributed by atoms with E-state index in [0.29, 0.717) is 5.56 Å². The van der Waals surface area contributed by atoms with Gasteiger partial charge in [-0.1, -0.05) is 24.6 Å². The molecule has 3 N–H and O–H groups in total. The van der Waals surface area contributed by atoms with Crippen LogP contribution in [0, 0.1) is 6.92 Å². The van der Waals surface area contributed by atoms with Crippen LogP contribution >= 0.6 is 0 Å². The Labute approximate surface area is 117 Å². The number of rotatable bonds is 6. The van der Waals surface area contributed by atoms with Crippen LogP contribution < -0.4 is 10.6 Å². The van der Waals surface area contributed by atoms with Crippen LogP contribution in [0.1, 0.15) is 29.3 Å². The van der Waals surface area contributed by atoms with E-state index in [-0.39, 0.29) is 18.9 Å². The number of benzene rings is 1. The highest BCUT2D eigenvalue weighted by Gasteiger charge is 2.17. The van der Waals surface area contributed by atoms with Gasteiger partial charge in [-0.15, -0.1) is 0 Å². The predicted octanol–water partition coefficient (Wildman–Crippen LogP) is 0.704. The van der Waals surface area contributed by atoms with Crippen LogP contribution in [0.15, 0.2) is 24.3 Å². The van der Waals surface area contributed by atoms with E-state index in [1.165, 1.54) is 0 Å². The van der Waals surface area contributed by atoms with Crippen molar-refractivity contribution in [3.8, 4) is 0 Å². The summed E-state index contributed by atoms with van der Waals surface area (Å²) in [6.07, 6.45) is 0.285. The summed E-state index contributed by atoms with van der Waals surface area (Å²) in [5, 5.41) is 13.6. The van der Waals surface area contributed by atoms with Gasteiger partial charge in [0.1, 0.15) is 6.04 Å². The average molecular weight is 278 g/mol. The summed E-state index contributed by atoms with van der Waals surface area (Å²) in [4.78, 5) is 34.1. The van der Waals surface area contributed by atoms with Gasteiger partial charge in [-0.25, -0.2) is 4.79 Å². The fourth-order valence-electron chi connectivity index (χ4n) is 1.63. The molecular formula is C14H18N2O4. The van der Waals surface area contributed by atoms with Crippen LogP contribution in [-0.2, 0) is 9.59 Å². The van der Waals surface area contributed by atoms with Crippen molar-refractivity contribution in [2.75, 3.05) is 6.54 Å². The van der Waals surface area contributed by atoms with E-state index >= 15 is 0 Å². The molecule has 0 aromatic heterocycles. The van der Waals surface area contributed by atoms with E-state index in [1.807, 2.05) is 13.0 Å². The Hall–Kier alpha value is -2.37. The van der Waals surface area contributed by atoms with Crippen molar-refractivity contribution < 1.29 is 19.5 Å². The molecule has 0 aliphatic carbocycles. The topological polar surface area (TPSA) is 95.5 Å². The Morgan fingerprint density at radius 3 is 2.55 bits per heavy atom. The molecule has 0 unspecified atom stereocenters. The molecule has 0 saturated heterocycles. The summed E-state index contributed by atoms with van der Waals surface area (Å²) in [6.45, 7) is 3.27. The van der Waals surface area contributed by atoms with E-state index in [9.17, 15) is 14.4 Å². The minimum Gasteiger partial charge on any atom is -0.480 e. The lowest BCUT2D eigenvalue weighted by Gasteiger charge is -2.12. The Morgan fingerprint density at radius 1 is 1.30 bits per heavy atom. The zero-order chi connectivity index (χ0) is 15.1. The van der Waals surface area contributed by atoms with Crippen LogP contribution in [0.3, 0.4) is 0 Å². The lowest BCUT2D eigenvalue weighted by Crippen LogP contribution is -2.45. The predicted molar refractivity (Wildman–Crippen MR) is 73.4 cm³/mol. The highest BCUT2D eigenvalue weighted by Crippen LogP contribution is 2.03. The lowest BCUT2D eigenvalue weighted by atomic mass is 10.1. The molecule has 0 bridgehead atoms. The molecule has 0 saturated carbocycles. The van der Waals surface area contributed by atoms with E-state index in [1.54, 1.807) is 25.1 Å². The molecule has 0 aliphatic rings. The summed E-state index contributed by atoms with van der Waals surface area (Å²) < 4.78 is 0. The van der Waals surface area contributed by atoms with Gasteiger partial charge >= 0.3 is 5.97 Å². The number of carbonyl (C=O) groups is 3. The largest absolute Gasteiger partial charge is 0.480 e. The van der Waals surface area contributed by atoms with E-state index in [4.69, 9.17) is 5.11 Å². The molecule has 1 rings (SSSR count). The maximum atomic E-state index is 11.8. The molecule has 2 amide bonds. The minimum atomic E-state index is -1.09. The summed E-state index contributed by atoms with van der Waals surface area (Å²) >= 11 is 0. The fraction of sp³-hybridized carbons (Fsp3) is 0.357. The van der Waals surface area contributed by atoms with Crippen molar-refractivity contribution >= 4 is 17.8 Å². The number of aliphatic carboxylic acids is 1. The van der Waals surface area contributed by atoms with Crippen molar-refractivity contribution in [3.05, 3.63) is 35.4 Å². The van der Waals surface area contributed by atoms with Crippen LogP contribution in [-0.4, -0.2) is 35.5 Å². The normalized spacial score (nSPS) is 11.5. The molecule has 20 heavy (non-hydrogen) atoms. The zero-order valence-corrected chi connectivity index (χ0v) is 11.5. The average Bonchev–Trinajstić information content (AvgIpc) is 2.41. The highest BCUT2D eigenvalue weighted by atomic mass is 16.4. The first-order valence-electron chi connectivity index (χ1n) is 6.31. The Kier molecular flexibility index (Phi) is 5.71. The molecule has 0 aliphatic heterocycles. The van der Waals surface area contributed by atoms with Gasteiger partial charge in [0.25, 0.3) is 5.91 Å². The van der Waals surface area contributed by atoms with E-state index < -0.39 is 17.9 Å². The third kappa shape index (κ3) is 4.72. The second-order valence-electron chi connectivity index (χ2n) is 4.42. The Balaban J connectivity index is 2.49. The van der Waals surface area contributed by atoms with Crippen LogP contribution in [0.2, 0.25) is 0 Å². The second kappa shape index (κ2) is 7.28. The van der Waals surface area contributed by atoms with Crippen LogP contribution in [0.25, 0.3) is 0 Å². The molecule has 1 atom stereocenters. The van der Waals surface area contributed by atoms with Crippen LogP contribution in [0.4, 0.5) is 0 Å². The molecule has 1 aromatic carbocycles. The molecular weight excluding hydrogens is 260 g/mol. The first kappa shape index (κ1) is 15.7. The van der Waals surface area contributed by atoms with E-state index in [2.05, 4.69) is 10.6 Å². The van der Waals surface area contributed by atoms with Crippen molar-refractivity contribution in [2.45, 2.75) is 26.3 Å². The SMILES string of the molecule is CC[C@H](NC(=O)CNC(=O)c1cccc(C)c1)C(=O)O. The number of nitrogens with one attached hydrogen (secondary N) is 2. The smallest absolute Gasteiger partial charge is 0.326 e. The molecule has 1 aromatic rings. The summed E-state index contributed by atoms with van der Waals surface area (Å²) in [5.41, 5.74) is 1.40. The standard InChI is InChI=1S/C14H18N2O4/c1-3-11(14(19)20)16-12(17)8-15-13(18)10-6-4-5-9(2)7-10/h4-7,11H,3,8H2,1-2H3,(H,15,18)(H,16,17)(H,19,20)/t11-/m0/s1. The zero-order valence-electron chi connectivity index (χ0n) is 11.5. The monoisotopic (exact) mass is 278 g/mol. The van der Waals surface area contributed by atoms with Crippen molar-refractivity contribution in [1.29, 1.82) is 0 Å². The van der Waals surface area contributed by atoms with Crippen LogP contribution in [0.5, 0.6) is 0 Å². The molecule has 108 valence electrons. The summed E-state index contributed by atoms with van der Waals surface area (Å²) in [7, 11) is 0. The molecule has 0 radical (unpaired) electrons. The lowest BCUT2D eigenvalue weighted by molar-refractivity contribution is -0.141. The molecule has 6 nitrogen and oxygen atoms in total. The fourth-order valence-corrected chi connectivity index (χ4v) is 1.63. The summed E-state index contributed by atoms with van der Waals surface area (Å²) in [5.74, 6) is -1.99. The van der Waals surface area contributed by atoms with Gasteiger partial charge in [-0.05, 0) is 25.5 Å². The Morgan fingerprint density at radius 2 is 2.00 bits per heavy atom.